The first-order valence-corrected chi connectivity index (χ1v) is 8.68. The van der Waals surface area contributed by atoms with Crippen LogP contribution in [0, 0.1) is 18.6 Å². The zero-order valence-electron chi connectivity index (χ0n) is 15.1. The Kier molecular flexibility index (Phi) is 6.87. The van der Waals surface area contributed by atoms with Gasteiger partial charge in [0, 0.05) is 23.9 Å². The van der Waals surface area contributed by atoms with Crippen LogP contribution in [0.3, 0.4) is 0 Å². The van der Waals surface area contributed by atoms with Crippen LogP contribution in [0.5, 0.6) is 0 Å². The predicted octanol–water partition coefficient (Wildman–Crippen LogP) is 3.62. The third-order valence-electron chi connectivity index (χ3n) is 4.33. The first-order valence-electron chi connectivity index (χ1n) is 8.68. The largest absolute Gasteiger partial charge is 0.398 e. The first kappa shape index (κ1) is 20.4. The van der Waals surface area contributed by atoms with Gasteiger partial charge >= 0.3 is 0 Å². The van der Waals surface area contributed by atoms with Crippen molar-refractivity contribution < 1.29 is 18.4 Å². The van der Waals surface area contributed by atoms with Crippen molar-refractivity contribution in [3.63, 3.8) is 0 Å². The number of rotatable bonds is 8. The number of primary amides is 1. The second-order valence-corrected chi connectivity index (χ2v) is 6.51. The fourth-order valence-corrected chi connectivity index (χ4v) is 2.82. The van der Waals surface area contributed by atoms with E-state index in [1.54, 1.807) is 0 Å². The fourth-order valence-electron chi connectivity index (χ4n) is 2.82. The molecular weight excluding hydrogens is 352 g/mol. The second-order valence-electron chi connectivity index (χ2n) is 6.51. The average Bonchev–Trinajstić information content (AvgIpc) is 2.60. The summed E-state index contributed by atoms with van der Waals surface area (Å²) in [5.74, 6) is -3.80. The van der Waals surface area contributed by atoms with E-state index in [9.17, 15) is 18.4 Å². The summed E-state index contributed by atoms with van der Waals surface area (Å²) in [5, 5.41) is 2.79. The van der Waals surface area contributed by atoms with E-state index >= 15 is 0 Å². The Morgan fingerprint density at radius 1 is 1.07 bits per heavy atom. The number of carbonyl (C=O) groups excluding carboxylic acids is 2. The van der Waals surface area contributed by atoms with Gasteiger partial charge in [0.15, 0.2) is 11.6 Å². The molecular formula is C20H23F2N3O2. The molecule has 0 saturated carbocycles. The lowest BCUT2D eigenvalue weighted by molar-refractivity contribution is -0.119. The minimum Gasteiger partial charge on any atom is -0.398 e. The van der Waals surface area contributed by atoms with Gasteiger partial charge in [0.1, 0.15) is 0 Å². The maximum absolute atomic E-state index is 13.5. The van der Waals surface area contributed by atoms with Gasteiger partial charge in [-0.3, -0.25) is 9.59 Å². The van der Waals surface area contributed by atoms with Gasteiger partial charge < -0.3 is 16.8 Å². The molecule has 0 aliphatic rings. The van der Waals surface area contributed by atoms with Gasteiger partial charge in [-0.05, 0) is 43.5 Å². The van der Waals surface area contributed by atoms with E-state index in [0.29, 0.717) is 19.3 Å². The quantitative estimate of drug-likeness (QED) is 0.485. The predicted molar refractivity (Wildman–Crippen MR) is 101 cm³/mol. The summed E-state index contributed by atoms with van der Waals surface area (Å²) >= 11 is 0. The van der Waals surface area contributed by atoms with Gasteiger partial charge in [-0.1, -0.05) is 24.1 Å². The van der Waals surface area contributed by atoms with E-state index in [2.05, 4.69) is 5.32 Å². The van der Waals surface area contributed by atoms with Gasteiger partial charge in [-0.15, -0.1) is 0 Å². The number of hydrogen-bond donors (Lipinski definition) is 3. The number of nitrogen functional groups attached to an aromatic ring is 1. The van der Waals surface area contributed by atoms with Crippen molar-refractivity contribution in [3.05, 3.63) is 59.2 Å². The fraction of sp³-hybridized carbons (Fsp3) is 0.300. The molecule has 0 aromatic heterocycles. The van der Waals surface area contributed by atoms with Crippen molar-refractivity contribution >= 4 is 23.2 Å². The van der Waals surface area contributed by atoms with E-state index in [1.807, 2.05) is 31.2 Å². The summed E-state index contributed by atoms with van der Waals surface area (Å²) in [6, 6.07) is 9.20. The Morgan fingerprint density at radius 2 is 1.70 bits per heavy atom. The van der Waals surface area contributed by atoms with E-state index < -0.39 is 23.5 Å². The Hall–Kier alpha value is -2.96. The highest BCUT2D eigenvalue weighted by Crippen LogP contribution is 2.29. The molecule has 0 spiro atoms. The van der Waals surface area contributed by atoms with E-state index in [1.165, 1.54) is 0 Å². The van der Waals surface area contributed by atoms with Crippen molar-refractivity contribution in [2.45, 2.75) is 38.5 Å². The smallest absolute Gasteiger partial charge is 0.225 e. The van der Waals surface area contributed by atoms with Gasteiger partial charge in [-0.25, -0.2) is 8.78 Å². The zero-order valence-corrected chi connectivity index (χ0v) is 15.1. The number of aryl methyl sites for hydroxylation is 1. The number of nitrogens with one attached hydrogen (secondary N) is 1. The summed E-state index contributed by atoms with van der Waals surface area (Å²) in [6.45, 7) is 1.96. The minimum atomic E-state index is -1.08. The monoisotopic (exact) mass is 375 g/mol. The highest BCUT2D eigenvalue weighted by molar-refractivity contribution is 5.90. The maximum atomic E-state index is 13.5. The van der Waals surface area contributed by atoms with Crippen molar-refractivity contribution in [2.24, 2.45) is 5.73 Å². The van der Waals surface area contributed by atoms with Crippen molar-refractivity contribution in [2.75, 3.05) is 11.1 Å². The zero-order chi connectivity index (χ0) is 20.0. The lowest BCUT2D eigenvalue weighted by atomic mass is 9.91. The number of amides is 2. The summed E-state index contributed by atoms with van der Waals surface area (Å²) in [4.78, 5) is 23.7. The lowest BCUT2D eigenvalue weighted by Crippen LogP contribution is -2.23. The number of nitrogens with two attached hydrogens (primary N) is 2. The van der Waals surface area contributed by atoms with E-state index in [4.69, 9.17) is 11.5 Å². The molecule has 0 heterocycles. The van der Waals surface area contributed by atoms with Gasteiger partial charge in [0.2, 0.25) is 11.8 Å². The van der Waals surface area contributed by atoms with Gasteiger partial charge in [-0.2, -0.15) is 0 Å². The van der Waals surface area contributed by atoms with E-state index in [-0.39, 0.29) is 23.6 Å². The van der Waals surface area contributed by atoms with Crippen LogP contribution in [0.2, 0.25) is 0 Å². The Bertz CT molecular complexity index is 823. The molecule has 2 rings (SSSR count). The molecule has 2 aromatic carbocycles. The van der Waals surface area contributed by atoms with E-state index in [0.717, 1.165) is 23.4 Å². The molecule has 144 valence electrons. The van der Waals surface area contributed by atoms with Crippen LogP contribution in [0.15, 0.2) is 36.4 Å². The lowest BCUT2D eigenvalue weighted by Gasteiger charge is -2.16. The van der Waals surface area contributed by atoms with Gasteiger partial charge in [0.05, 0.1) is 5.92 Å². The maximum Gasteiger partial charge on any atom is 0.225 e. The minimum absolute atomic E-state index is 0.0187. The molecule has 0 aliphatic carbocycles. The number of benzene rings is 2. The molecule has 1 atom stereocenters. The van der Waals surface area contributed by atoms with Crippen LogP contribution in [0.4, 0.5) is 20.2 Å². The second kappa shape index (κ2) is 9.12. The third kappa shape index (κ3) is 5.77. The van der Waals surface area contributed by atoms with Crippen molar-refractivity contribution in [3.8, 4) is 0 Å². The van der Waals surface area contributed by atoms with Crippen LogP contribution in [-0.4, -0.2) is 11.8 Å². The van der Waals surface area contributed by atoms with Crippen LogP contribution in [0.25, 0.3) is 0 Å². The Labute approximate surface area is 156 Å². The summed E-state index contributed by atoms with van der Waals surface area (Å²) < 4.78 is 26.7. The molecule has 0 radical (unpaired) electrons. The Balaban J connectivity index is 1.88. The molecule has 0 saturated heterocycles. The third-order valence-corrected chi connectivity index (χ3v) is 4.33. The number of halogens is 2. The highest BCUT2D eigenvalue weighted by atomic mass is 19.2. The summed E-state index contributed by atoms with van der Waals surface area (Å²) in [7, 11) is 0. The number of carbonyl (C=O) groups is 2. The molecule has 5 N–H and O–H groups in total. The SMILES string of the molecule is Cc1ccc(NC(=O)CCCCC(C(N)=O)c2cc(F)c(F)cc2N)cc1. The molecule has 2 amide bonds. The van der Waals surface area contributed by atoms with Gasteiger partial charge in [0.25, 0.3) is 0 Å². The number of unbranched alkanes of at least 4 members (excludes halogenated alkanes) is 1. The van der Waals surface area contributed by atoms with Crippen molar-refractivity contribution in [1.82, 2.24) is 0 Å². The summed E-state index contributed by atoms with van der Waals surface area (Å²) in [5.41, 5.74) is 13.1. The van der Waals surface area contributed by atoms with Crippen LogP contribution >= 0.6 is 0 Å². The van der Waals surface area contributed by atoms with Crippen LogP contribution in [-0.2, 0) is 9.59 Å². The summed E-state index contributed by atoms with van der Waals surface area (Å²) in [6.07, 6.45) is 1.59. The molecule has 0 fully saturated rings. The number of anilines is 2. The standard InChI is InChI=1S/C20H23F2N3O2/c1-12-6-8-13(9-7-12)25-19(26)5-3-2-4-14(20(24)27)15-10-16(21)17(22)11-18(15)23/h6-11,14H,2-5,23H2,1H3,(H2,24,27)(H,25,26). The molecule has 2 aromatic rings. The molecule has 7 heteroatoms. The molecule has 5 nitrogen and oxygen atoms in total. The number of hydrogen-bond acceptors (Lipinski definition) is 3. The highest BCUT2D eigenvalue weighted by Gasteiger charge is 2.22. The molecule has 0 bridgehead atoms. The molecule has 0 aliphatic heterocycles. The average molecular weight is 375 g/mol. The Morgan fingerprint density at radius 3 is 2.33 bits per heavy atom. The van der Waals surface area contributed by atoms with Crippen LogP contribution in [0.1, 0.15) is 42.7 Å². The topological polar surface area (TPSA) is 98.2 Å². The first-order chi connectivity index (χ1) is 12.8. The molecule has 1 unspecified atom stereocenters. The normalized spacial score (nSPS) is 11.8. The van der Waals surface area contributed by atoms with Crippen LogP contribution < -0.4 is 16.8 Å². The molecule has 27 heavy (non-hydrogen) atoms. The van der Waals surface area contributed by atoms with Crippen molar-refractivity contribution in [1.29, 1.82) is 0 Å².